The van der Waals surface area contributed by atoms with Crippen LogP contribution in [0.3, 0.4) is 0 Å². The predicted octanol–water partition coefficient (Wildman–Crippen LogP) is 2.66. The third-order valence-electron chi connectivity index (χ3n) is 2.13. The van der Waals surface area contributed by atoms with Gasteiger partial charge >= 0.3 is 0 Å². The maximum absolute atomic E-state index is 11.8. The van der Waals surface area contributed by atoms with Crippen molar-refractivity contribution in [1.82, 2.24) is 0 Å². The monoisotopic (exact) mass is 218 g/mol. The van der Waals surface area contributed by atoms with E-state index in [4.69, 9.17) is 0 Å². The Morgan fingerprint density at radius 2 is 1.87 bits per heavy atom. The van der Waals surface area contributed by atoms with E-state index in [-0.39, 0.29) is 5.78 Å². The first-order valence-corrected chi connectivity index (χ1v) is 5.48. The molecule has 1 aromatic heterocycles. The van der Waals surface area contributed by atoms with Crippen molar-refractivity contribution >= 4 is 17.1 Å². The summed E-state index contributed by atoms with van der Waals surface area (Å²) in [4.78, 5) is 12.4. The fourth-order valence-corrected chi connectivity index (χ4v) is 2.03. The first kappa shape index (κ1) is 10.1. The molecule has 1 atom stereocenters. The van der Waals surface area contributed by atoms with Crippen LogP contribution in [0.2, 0.25) is 0 Å². The zero-order valence-corrected chi connectivity index (χ0v) is 8.78. The number of Topliss-reactive ketones (excluding diaryl/α,β-unsaturated/α-hetero) is 1. The van der Waals surface area contributed by atoms with Crippen molar-refractivity contribution in [2.45, 2.75) is 6.10 Å². The van der Waals surface area contributed by atoms with Crippen LogP contribution < -0.4 is 0 Å². The van der Waals surface area contributed by atoms with E-state index in [0.29, 0.717) is 10.4 Å². The highest BCUT2D eigenvalue weighted by Gasteiger charge is 2.19. The minimum atomic E-state index is -1.05. The standard InChI is InChI=1S/C12H10O2S/c13-11(9-5-2-1-3-6-9)12(14)10-7-4-8-15-10/h1-8,11,13H. The molecule has 0 bridgehead atoms. The topological polar surface area (TPSA) is 37.3 Å². The average molecular weight is 218 g/mol. The van der Waals surface area contributed by atoms with Crippen LogP contribution in [0.15, 0.2) is 47.8 Å². The van der Waals surface area contributed by atoms with Gasteiger partial charge in [0, 0.05) is 0 Å². The number of rotatable bonds is 3. The molecule has 0 saturated carbocycles. The van der Waals surface area contributed by atoms with Gasteiger partial charge in [0.1, 0.15) is 6.10 Å². The molecule has 2 aromatic rings. The van der Waals surface area contributed by atoms with Crippen molar-refractivity contribution < 1.29 is 9.90 Å². The number of thiophene rings is 1. The molecule has 2 rings (SSSR count). The third-order valence-corrected chi connectivity index (χ3v) is 3.01. The largest absolute Gasteiger partial charge is 0.380 e. The Morgan fingerprint density at radius 1 is 1.13 bits per heavy atom. The van der Waals surface area contributed by atoms with Crippen LogP contribution in [0.4, 0.5) is 0 Å². The Balaban J connectivity index is 2.23. The van der Waals surface area contributed by atoms with Gasteiger partial charge in [-0.1, -0.05) is 36.4 Å². The Kier molecular flexibility index (Phi) is 2.94. The minimum Gasteiger partial charge on any atom is -0.380 e. The van der Waals surface area contributed by atoms with Gasteiger partial charge in [0.05, 0.1) is 4.88 Å². The number of carbonyl (C=O) groups excluding carboxylic acids is 1. The van der Waals surface area contributed by atoms with Crippen LogP contribution in [0, 0.1) is 0 Å². The summed E-state index contributed by atoms with van der Waals surface area (Å²) in [5.74, 6) is -0.240. The Hall–Kier alpha value is -1.45. The summed E-state index contributed by atoms with van der Waals surface area (Å²) in [5.41, 5.74) is 0.635. The van der Waals surface area contributed by atoms with E-state index in [1.165, 1.54) is 11.3 Å². The summed E-state index contributed by atoms with van der Waals surface area (Å²) in [6.45, 7) is 0. The predicted molar refractivity (Wildman–Crippen MR) is 60.1 cm³/mol. The summed E-state index contributed by atoms with van der Waals surface area (Å²) in [5, 5.41) is 11.6. The zero-order valence-electron chi connectivity index (χ0n) is 7.96. The van der Waals surface area contributed by atoms with Crippen LogP contribution in [-0.2, 0) is 0 Å². The highest BCUT2D eigenvalue weighted by molar-refractivity contribution is 7.12. The molecule has 1 aromatic carbocycles. The first-order chi connectivity index (χ1) is 7.29. The Bertz CT molecular complexity index is 434. The fraction of sp³-hybridized carbons (Fsp3) is 0.0833. The molecular formula is C12H10O2S. The van der Waals surface area contributed by atoms with Crippen molar-refractivity contribution in [2.24, 2.45) is 0 Å². The van der Waals surface area contributed by atoms with Crippen LogP contribution in [-0.4, -0.2) is 10.9 Å². The summed E-state index contributed by atoms with van der Waals surface area (Å²) in [7, 11) is 0. The maximum Gasteiger partial charge on any atom is 0.205 e. The molecule has 2 nitrogen and oxygen atoms in total. The summed E-state index contributed by atoms with van der Waals surface area (Å²) < 4.78 is 0. The van der Waals surface area contributed by atoms with Crippen LogP contribution >= 0.6 is 11.3 Å². The lowest BCUT2D eigenvalue weighted by molar-refractivity contribution is 0.0752. The molecule has 0 spiro atoms. The van der Waals surface area contributed by atoms with Crippen LogP contribution in [0.5, 0.6) is 0 Å². The molecule has 0 aliphatic carbocycles. The van der Waals surface area contributed by atoms with Crippen molar-refractivity contribution in [1.29, 1.82) is 0 Å². The van der Waals surface area contributed by atoms with Crippen LogP contribution in [0.25, 0.3) is 0 Å². The van der Waals surface area contributed by atoms with Crippen molar-refractivity contribution in [3.05, 3.63) is 58.3 Å². The van der Waals surface area contributed by atoms with Crippen LogP contribution in [0.1, 0.15) is 21.3 Å². The van der Waals surface area contributed by atoms with E-state index in [2.05, 4.69) is 0 Å². The molecule has 0 aliphatic rings. The minimum absolute atomic E-state index is 0.240. The summed E-state index contributed by atoms with van der Waals surface area (Å²) >= 11 is 1.34. The molecule has 0 fully saturated rings. The second-order valence-electron chi connectivity index (χ2n) is 3.15. The number of aliphatic hydroxyl groups excluding tert-OH is 1. The van der Waals surface area contributed by atoms with Gasteiger partial charge in [0.2, 0.25) is 5.78 Å². The number of aliphatic hydroxyl groups is 1. The third kappa shape index (κ3) is 2.14. The molecule has 0 amide bonds. The van der Waals surface area contributed by atoms with Gasteiger partial charge in [-0.2, -0.15) is 0 Å². The van der Waals surface area contributed by atoms with Gasteiger partial charge in [-0.3, -0.25) is 4.79 Å². The van der Waals surface area contributed by atoms with Gasteiger partial charge < -0.3 is 5.11 Å². The van der Waals surface area contributed by atoms with E-state index >= 15 is 0 Å². The number of hydrogen-bond donors (Lipinski definition) is 1. The average Bonchev–Trinajstić information content (AvgIpc) is 2.82. The summed E-state index contributed by atoms with van der Waals surface area (Å²) in [6.07, 6.45) is -1.05. The molecule has 76 valence electrons. The summed E-state index contributed by atoms with van der Waals surface area (Å²) in [6, 6.07) is 12.5. The van der Waals surface area contributed by atoms with E-state index < -0.39 is 6.10 Å². The molecule has 1 N–H and O–H groups in total. The molecular weight excluding hydrogens is 208 g/mol. The highest BCUT2D eigenvalue weighted by atomic mass is 32.1. The Morgan fingerprint density at radius 3 is 2.47 bits per heavy atom. The quantitative estimate of drug-likeness (QED) is 0.804. The SMILES string of the molecule is O=C(c1cccs1)C(O)c1ccccc1. The highest BCUT2D eigenvalue weighted by Crippen LogP contribution is 2.20. The van der Waals surface area contributed by atoms with E-state index in [1.807, 2.05) is 11.4 Å². The number of hydrogen-bond acceptors (Lipinski definition) is 3. The van der Waals surface area contributed by atoms with E-state index in [0.717, 1.165) is 0 Å². The number of carbonyl (C=O) groups is 1. The fourth-order valence-electron chi connectivity index (χ4n) is 1.34. The second-order valence-corrected chi connectivity index (χ2v) is 4.10. The Labute approximate surface area is 91.8 Å². The molecule has 0 radical (unpaired) electrons. The van der Waals surface area contributed by atoms with E-state index in [1.54, 1.807) is 36.4 Å². The van der Waals surface area contributed by atoms with Gasteiger partial charge in [-0.05, 0) is 17.0 Å². The number of benzene rings is 1. The van der Waals surface area contributed by atoms with Crippen molar-refractivity contribution in [3.8, 4) is 0 Å². The molecule has 3 heteroatoms. The molecule has 15 heavy (non-hydrogen) atoms. The van der Waals surface area contributed by atoms with Gasteiger partial charge in [-0.15, -0.1) is 11.3 Å². The maximum atomic E-state index is 11.8. The number of ketones is 1. The van der Waals surface area contributed by atoms with Gasteiger partial charge in [0.25, 0.3) is 0 Å². The molecule has 0 aliphatic heterocycles. The lowest BCUT2D eigenvalue weighted by atomic mass is 10.1. The normalized spacial score (nSPS) is 12.3. The van der Waals surface area contributed by atoms with Gasteiger partial charge in [0.15, 0.2) is 0 Å². The molecule has 0 saturated heterocycles. The zero-order chi connectivity index (χ0) is 10.7. The van der Waals surface area contributed by atoms with Gasteiger partial charge in [-0.25, -0.2) is 0 Å². The molecule has 1 unspecified atom stereocenters. The van der Waals surface area contributed by atoms with Crippen molar-refractivity contribution in [3.63, 3.8) is 0 Å². The lowest BCUT2D eigenvalue weighted by Crippen LogP contribution is -2.10. The van der Waals surface area contributed by atoms with E-state index in [9.17, 15) is 9.90 Å². The smallest absolute Gasteiger partial charge is 0.205 e. The first-order valence-electron chi connectivity index (χ1n) is 4.60. The molecule has 1 heterocycles. The second kappa shape index (κ2) is 4.38. The van der Waals surface area contributed by atoms with Crippen molar-refractivity contribution in [2.75, 3.05) is 0 Å². The lowest BCUT2D eigenvalue weighted by Gasteiger charge is -2.07.